The minimum Gasteiger partial charge on any atom is -0.316 e. The first-order chi connectivity index (χ1) is 9.38. The van der Waals surface area contributed by atoms with Crippen LogP contribution in [0.2, 0.25) is 0 Å². The zero-order chi connectivity index (χ0) is 13.3. The zero-order valence-electron chi connectivity index (χ0n) is 12.1. The predicted octanol–water partition coefficient (Wildman–Crippen LogP) is 2.34. The quantitative estimate of drug-likeness (QED) is 0.816. The van der Waals surface area contributed by atoms with Gasteiger partial charge in [-0.3, -0.25) is 4.98 Å². The van der Waals surface area contributed by atoms with E-state index in [0.717, 1.165) is 12.3 Å². The molecule has 2 heterocycles. The van der Waals surface area contributed by atoms with E-state index in [9.17, 15) is 0 Å². The fraction of sp³-hybridized carbons (Fsp3) is 0.688. The average Bonchev–Trinajstić information content (AvgIpc) is 2.47. The van der Waals surface area contributed by atoms with Crippen molar-refractivity contribution in [3.63, 3.8) is 0 Å². The monoisotopic (exact) mass is 261 g/mol. The van der Waals surface area contributed by atoms with E-state index in [-0.39, 0.29) is 0 Å². The van der Waals surface area contributed by atoms with Crippen molar-refractivity contribution in [2.24, 2.45) is 5.92 Å². The van der Waals surface area contributed by atoms with Crippen LogP contribution in [-0.2, 0) is 6.42 Å². The Kier molecular flexibility index (Phi) is 6.31. The molecule has 19 heavy (non-hydrogen) atoms. The van der Waals surface area contributed by atoms with Gasteiger partial charge >= 0.3 is 0 Å². The number of nitrogens with zero attached hydrogens (tertiary/aromatic N) is 2. The van der Waals surface area contributed by atoms with Crippen LogP contribution in [0.15, 0.2) is 24.5 Å². The summed E-state index contributed by atoms with van der Waals surface area (Å²) < 4.78 is 0. The smallest absolute Gasteiger partial charge is 0.0270 e. The first-order valence-corrected chi connectivity index (χ1v) is 7.70. The number of aromatic nitrogens is 1. The molecule has 0 amide bonds. The molecule has 3 nitrogen and oxygen atoms in total. The van der Waals surface area contributed by atoms with Crippen LogP contribution in [0.5, 0.6) is 0 Å². The van der Waals surface area contributed by atoms with E-state index >= 15 is 0 Å². The first kappa shape index (κ1) is 14.5. The summed E-state index contributed by atoms with van der Waals surface area (Å²) in [7, 11) is 0. The van der Waals surface area contributed by atoms with Crippen LogP contribution in [0.3, 0.4) is 0 Å². The van der Waals surface area contributed by atoms with Gasteiger partial charge in [0.15, 0.2) is 0 Å². The van der Waals surface area contributed by atoms with Gasteiger partial charge in [-0.15, -0.1) is 0 Å². The maximum Gasteiger partial charge on any atom is 0.0270 e. The summed E-state index contributed by atoms with van der Waals surface area (Å²) in [5.41, 5.74) is 1.40. The Bertz CT molecular complexity index is 333. The van der Waals surface area contributed by atoms with E-state index < -0.39 is 0 Å². The SMILES string of the molecule is CCCN(CCc1ccncc1)CC1CCCNC1. The Labute approximate surface area is 117 Å². The van der Waals surface area contributed by atoms with Crippen molar-refractivity contribution in [1.82, 2.24) is 15.2 Å². The van der Waals surface area contributed by atoms with Gasteiger partial charge in [0.25, 0.3) is 0 Å². The van der Waals surface area contributed by atoms with Gasteiger partial charge in [-0.2, -0.15) is 0 Å². The van der Waals surface area contributed by atoms with E-state index in [1.165, 1.54) is 57.5 Å². The zero-order valence-corrected chi connectivity index (χ0v) is 12.1. The maximum absolute atomic E-state index is 4.08. The first-order valence-electron chi connectivity index (χ1n) is 7.70. The summed E-state index contributed by atoms with van der Waals surface area (Å²) in [5.74, 6) is 0.845. The molecule has 0 spiro atoms. The van der Waals surface area contributed by atoms with Gasteiger partial charge in [0.2, 0.25) is 0 Å². The highest BCUT2D eigenvalue weighted by Gasteiger charge is 2.16. The molecule has 1 atom stereocenters. The molecule has 0 saturated carbocycles. The lowest BCUT2D eigenvalue weighted by Crippen LogP contribution is -2.39. The molecule has 1 saturated heterocycles. The molecule has 1 N–H and O–H groups in total. The Morgan fingerprint density at radius 2 is 2.16 bits per heavy atom. The minimum atomic E-state index is 0.845. The third-order valence-corrected chi connectivity index (χ3v) is 3.92. The van der Waals surface area contributed by atoms with Crippen molar-refractivity contribution in [3.8, 4) is 0 Å². The largest absolute Gasteiger partial charge is 0.316 e. The third kappa shape index (κ3) is 5.29. The number of nitrogens with one attached hydrogen (secondary N) is 1. The molecule has 1 aliphatic rings. The highest BCUT2D eigenvalue weighted by atomic mass is 15.1. The summed E-state index contributed by atoms with van der Waals surface area (Å²) >= 11 is 0. The summed E-state index contributed by atoms with van der Waals surface area (Å²) in [6.07, 6.45) is 8.91. The summed E-state index contributed by atoms with van der Waals surface area (Å²) in [6, 6.07) is 4.26. The Morgan fingerprint density at radius 1 is 1.32 bits per heavy atom. The van der Waals surface area contributed by atoms with Crippen LogP contribution in [-0.4, -0.2) is 42.6 Å². The normalized spacial score (nSPS) is 19.8. The molecular weight excluding hydrogens is 234 g/mol. The van der Waals surface area contributed by atoms with Crippen molar-refractivity contribution in [2.75, 3.05) is 32.7 Å². The van der Waals surface area contributed by atoms with Gasteiger partial charge in [-0.1, -0.05) is 6.92 Å². The number of rotatable bonds is 7. The molecule has 0 aromatic carbocycles. The molecule has 2 rings (SSSR count). The fourth-order valence-electron chi connectivity index (χ4n) is 2.89. The van der Waals surface area contributed by atoms with E-state index in [1.54, 1.807) is 0 Å². The Morgan fingerprint density at radius 3 is 2.84 bits per heavy atom. The number of pyridine rings is 1. The fourth-order valence-corrected chi connectivity index (χ4v) is 2.89. The molecular formula is C16H27N3. The molecule has 0 aliphatic carbocycles. The Hall–Kier alpha value is -0.930. The van der Waals surface area contributed by atoms with Crippen LogP contribution >= 0.6 is 0 Å². The second-order valence-corrected chi connectivity index (χ2v) is 5.62. The van der Waals surface area contributed by atoms with E-state index in [0.29, 0.717) is 0 Å². The van der Waals surface area contributed by atoms with Crippen LogP contribution < -0.4 is 5.32 Å². The highest BCUT2D eigenvalue weighted by Crippen LogP contribution is 2.12. The third-order valence-electron chi connectivity index (χ3n) is 3.92. The van der Waals surface area contributed by atoms with Crippen LogP contribution in [0.1, 0.15) is 31.7 Å². The number of hydrogen-bond donors (Lipinski definition) is 1. The van der Waals surface area contributed by atoms with Crippen LogP contribution in [0.4, 0.5) is 0 Å². The molecule has 1 aromatic heterocycles. The average molecular weight is 261 g/mol. The summed E-state index contributed by atoms with van der Waals surface area (Å²) in [4.78, 5) is 6.72. The molecule has 1 aromatic rings. The molecule has 1 unspecified atom stereocenters. The van der Waals surface area contributed by atoms with Gasteiger partial charge in [0.05, 0.1) is 0 Å². The molecule has 0 radical (unpaired) electrons. The lowest BCUT2D eigenvalue weighted by Gasteiger charge is -2.30. The lowest BCUT2D eigenvalue weighted by atomic mass is 9.99. The molecule has 3 heteroatoms. The van der Waals surface area contributed by atoms with Gasteiger partial charge < -0.3 is 10.2 Å². The second kappa shape index (κ2) is 8.28. The maximum atomic E-state index is 4.08. The molecule has 1 aliphatic heterocycles. The van der Waals surface area contributed by atoms with Crippen molar-refractivity contribution < 1.29 is 0 Å². The van der Waals surface area contributed by atoms with Gasteiger partial charge in [0.1, 0.15) is 0 Å². The highest BCUT2D eigenvalue weighted by molar-refractivity contribution is 5.09. The van der Waals surface area contributed by atoms with E-state index in [4.69, 9.17) is 0 Å². The van der Waals surface area contributed by atoms with E-state index in [1.807, 2.05) is 12.4 Å². The topological polar surface area (TPSA) is 28.2 Å². The summed E-state index contributed by atoms with van der Waals surface area (Å²) in [5, 5.41) is 3.52. The van der Waals surface area contributed by atoms with Gasteiger partial charge in [-0.25, -0.2) is 0 Å². The van der Waals surface area contributed by atoms with Crippen molar-refractivity contribution in [3.05, 3.63) is 30.1 Å². The molecule has 0 bridgehead atoms. The van der Waals surface area contributed by atoms with Crippen LogP contribution in [0, 0.1) is 5.92 Å². The predicted molar refractivity (Wildman–Crippen MR) is 80.3 cm³/mol. The summed E-state index contributed by atoms with van der Waals surface area (Å²) in [6.45, 7) is 8.34. The van der Waals surface area contributed by atoms with Crippen molar-refractivity contribution in [1.29, 1.82) is 0 Å². The van der Waals surface area contributed by atoms with E-state index in [2.05, 4.69) is 34.3 Å². The number of hydrogen-bond acceptors (Lipinski definition) is 3. The lowest BCUT2D eigenvalue weighted by molar-refractivity contribution is 0.210. The standard InChI is InChI=1S/C16H27N3/c1-2-11-19(14-16-4-3-8-18-13-16)12-7-15-5-9-17-10-6-15/h5-6,9-10,16,18H,2-4,7-8,11-14H2,1H3. The Balaban J connectivity index is 1.78. The van der Waals surface area contributed by atoms with Gasteiger partial charge in [0, 0.05) is 25.5 Å². The van der Waals surface area contributed by atoms with Gasteiger partial charge in [-0.05, 0) is 68.9 Å². The molecule has 106 valence electrons. The molecule has 1 fully saturated rings. The van der Waals surface area contributed by atoms with Crippen LogP contribution in [0.25, 0.3) is 0 Å². The van der Waals surface area contributed by atoms with Crippen molar-refractivity contribution >= 4 is 0 Å². The second-order valence-electron chi connectivity index (χ2n) is 5.62. The number of piperidine rings is 1. The minimum absolute atomic E-state index is 0.845. The van der Waals surface area contributed by atoms with Crippen molar-refractivity contribution in [2.45, 2.75) is 32.6 Å².